The van der Waals surface area contributed by atoms with Gasteiger partial charge >= 0.3 is 0 Å². The minimum atomic E-state index is -1.46. The number of hydrogen-bond donors (Lipinski definition) is 1. The number of carbonyl (C=O) groups excluding carboxylic acids is 1. The first-order chi connectivity index (χ1) is 11.5. The quantitative estimate of drug-likeness (QED) is 0.934. The van der Waals surface area contributed by atoms with Gasteiger partial charge in [0.25, 0.3) is 0 Å². The molecule has 1 aliphatic rings. The molecule has 0 radical (unpaired) electrons. The van der Waals surface area contributed by atoms with E-state index in [0.29, 0.717) is 11.3 Å². The molecular weight excluding hydrogens is 306 g/mol. The SMILES string of the molecule is COc1ccc(CC(=O)N2N=C(C)C[C@]2(O)c2ccncc2)cc1. The third kappa shape index (κ3) is 3.00. The molecule has 24 heavy (non-hydrogen) atoms. The summed E-state index contributed by atoms with van der Waals surface area (Å²) >= 11 is 0. The summed E-state index contributed by atoms with van der Waals surface area (Å²) in [7, 11) is 1.59. The van der Waals surface area contributed by atoms with Gasteiger partial charge in [-0.15, -0.1) is 0 Å². The van der Waals surface area contributed by atoms with Crippen LogP contribution in [0.5, 0.6) is 5.75 Å². The predicted octanol–water partition coefficient (Wildman–Crippen LogP) is 2.09. The molecule has 0 fully saturated rings. The number of methoxy groups -OCH3 is 1. The summed E-state index contributed by atoms with van der Waals surface area (Å²) in [4.78, 5) is 16.7. The lowest BCUT2D eigenvalue weighted by molar-refractivity contribution is -0.157. The number of hydrogen-bond acceptors (Lipinski definition) is 5. The van der Waals surface area contributed by atoms with E-state index in [-0.39, 0.29) is 18.7 Å². The van der Waals surface area contributed by atoms with Gasteiger partial charge in [0.2, 0.25) is 5.91 Å². The van der Waals surface area contributed by atoms with Crippen LogP contribution >= 0.6 is 0 Å². The summed E-state index contributed by atoms with van der Waals surface area (Å²) in [5, 5.41) is 16.5. The summed E-state index contributed by atoms with van der Waals surface area (Å²) in [6.07, 6.45) is 3.61. The Morgan fingerprint density at radius 3 is 2.54 bits per heavy atom. The number of aliphatic hydroxyl groups is 1. The Kier molecular flexibility index (Phi) is 4.31. The number of nitrogens with zero attached hydrogens (tertiary/aromatic N) is 3. The number of carbonyl (C=O) groups is 1. The molecule has 1 aromatic heterocycles. The highest BCUT2D eigenvalue weighted by molar-refractivity contribution is 5.89. The Hall–Kier alpha value is -2.73. The van der Waals surface area contributed by atoms with Crippen LogP contribution in [0.25, 0.3) is 0 Å². The van der Waals surface area contributed by atoms with Crippen molar-refractivity contribution in [2.24, 2.45) is 5.10 Å². The van der Waals surface area contributed by atoms with Gasteiger partial charge < -0.3 is 9.84 Å². The Labute approximate surface area is 140 Å². The number of pyridine rings is 1. The molecule has 3 rings (SSSR count). The third-order valence-corrected chi connectivity index (χ3v) is 4.02. The van der Waals surface area contributed by atoms with Gasteiger partial charge in [0.15, 0.2) is 5.72 Å². The van der Waals surface area contributed by atoms with Gasteiger partial charge in [-0.3, -0.25) is 9.78 Å². The molecule has 2 heterocycles. The van der Waals surface area contributed by atoms with E-state index in [1.165, 1.54) is 5.01 Å². The molecule has 1 N–H and O–H groups in total. The second-order valence-electron chi connectivity index (χ2n) is 5.79. The molecule has 1 amide bonds. The fourth-order valence-corrected chi connectivity index (χ4v) is 2.82. The Bertz CT molecular complexity index is 759. The van der Waals surface area contributed by atoms with Crippen molar-refractivity contribution in [3.8, 4) is 5.75 Å². The molecule has 0 saturated heterocycles. The second kappa shape index (κ2) is 6.41. The first kappa shape index (κ1) is 16.1. The molecule has 0 unspecified atom stereocenters. The third-order valence-electron chi connectivity index (χ3n) is 4.02. The average Bonchev–Trinajstić information content (AvgIpc) is 2.92. The standard InChI is InChI=1S/C18H19N3O3/c1-13-12-18(23,15-7-9-19-10-8-15)21(20-13)17(22)11-14-3-5-16(24-2)6-4-14/h3-10,23H,11-12H2,1-2H3/t18-/m0/s1. The molecule has 6 heteroatoms. The lowest BCUT2D eigenvalue weighted by Crippen LogP contribution is -2.44. The van der Waals surface area contributed by atoms with E-state index in [0.717, 1.165) is 11.3 Å². The lowest BCUT2D eigenvalue weighted by atomic mass is 9.98. The van der Waals surface area contributed by atoms with Crippen LogP contribution in [0.2, 0.25) is 0 Å². The van der Waals surface area contributed by atoms with Crippen molar-refractivity contribution < 1.29 is 14.6 Å². The summed E-state index contributed by atoms with van der Waals surface area (Å²) in [5.41, 5.74) is 0.674. The van der Waals surface area contributed by atoms with Crippen LogP contribution < -0.4 is 4.74 Å². The molecule has 0 bridgehead atoms. The monoisotopic (exact) mass is 325 g/mol. The van der Waals surface area contributed by atoms with Crippen LogP contribution in [-0.2, 0) is 16.9 Å². The van der Waals surface area contributed by atoms with Gasteiger partial charge in [-0.1, -0.05) is 12.1 Å². The number of hydrazone groups is 1. The van der Waals surface area contributed by atoms with Gasteiger partial charge in [0.05, 0.1) is 13.5 Å². The van der Waals surface area contributed by atoms with Gasteiger partial charge in [-0.2, -0.15) is 10.1 Å². The first-order valence-corrected chi connectivity index (χ1v) is 7.66. The van der Waals surface area contributed by atoms with E-state index in [1.807, 2.05) is 12.1 Å². The molecule has 124 valence electrons. The number of aromatic nitrogens is 1. The van der Waals surface area contributed by atoms with E-state index in [1.54, 1.807) is 50.7 Å². The van der Waals surface area contributed by atoms with Crippen molar-refractivity contribution in [1.82, 2.24) is 9.99 Å². The largest absolute Gasteiger partial charge is 0.497 e. The zero-order valence-electron chi connectivity index (χ0n) is 13.6. The van der Waals surface area contributed by atoms with Gasteiger partial charge in [0, 0.05) is 30.1 Å². The molecular formula is C18H19N3O3. The average molecular weight is 325 g/mol. The summed E-state index contributed by atoms with van der Waals surface area (Å²) < 4.78 is 5.12. The van der Waals surface area contributed by atoms with Crippen molar-refractivity contribution in [3.63, 3.8) is 0 Å². The number of benzene rings is 1. The maximum absolute atomic E-state index is 12.7. The highest BCUT2D eigenvalue weighted by atomic mass is 16.5. The van der Waals surface area contributed by atoms with Crippen molar-refractivity contribution in [1.29, 1.82) is 0 Å². The van der Waals surface area contributed by atoms with Crippen molar-refractivity contribution in [3.05, 3.63) is 59.9 Å². The van der Waals surface area contributed by atoms with Crippen molar-refractivity contribution >= 4 is 11.6 Å². The van der Waals surface area contributed by atoms with Crippen LogP contribution in [0.1, 0.15) is 24.5 Å². The zero-order valence-corrected chi connectivity index (χ0v) is 13.6. The molecule has 0 saturated carbocycles. The minimum absolute atomic E-state index is 0.147. The van der Waals surface area contributed by atoms with E-state index in [2.05, 4.69) is 10.1 Å². The van der Waals surface area contributed by atoms with Crippen LogP contribution in [0.3, 0.4) is 0 Å². The fourth-order valence-electron chi connectivity index (χ4n) is 2.82. The van der Waals surface area contributed by atoms with Gasteiger partial charge in [0.1, 0.15) is 5.75 Å². The topological polar surface area (TPSA) is 75.0 Å². The van der Waals surface area contributed by atoms with Crippen LogP contribution in [0.15, 0.2) is 53.9 Å². The van der Waals surface area contributed by atoms with E-state index in [4.69, 9.17) is 4.74 Å². The maximum atomic E-state index is 12.7. The highest BCUT2D eigenvalue weighted by Gasteiger charge is 2.44. The van der Waals surface area contributed by atoms with Gasteiger partial charge in [-0.25, -0.2) is 0 Å². The Morgan fingerprint density at radius 1 is 1.25 bits per heavy atom. The molecule has 1 aliphatic heterocycles. The molecule has 0 aliphatic carbocycles. The number of amides is 1. The van der Waals surface area contributed by atoms with Crippen molar-refractivity contribution in [2.45, 2.75) is 25.5 Å². The van der Waals surface area contributed by atoms with Crippen LogP contribution in [-0.4, -0.2) is 33.8 Å². The van der Waals surface area contributed by atoms with E-state index >= 15 is 0 Å². The number of ether oxygens (including phenoxy) is 1. The van der Waals surface area contributed by atoms with Crippen molar-refractivity contribution in [2.75, 3.05) is 7.11 Å². The summed E-state index contributed by atoms with van der Waals surface area (Å²) in [6.45, 7) is 1.80. The summed E-state index contributed by atoms with van der Waals surface area (Å²) in [6, 6.07) is 10.7. The molecule has 1 aromatic carbocycles. The maximum Gasteiger partial charge on any atom is 0.250 e. The summed E-state index contributed by atoms with van der Waals surface area (Å²) in [5.74, 6) is 0.464. The van der Waals surface area contributed by atoms with Crippen LogP contribution in [0.4, 0.5) is 0 Å². The predicted molar refractivity (Wildman–Crippen MR) is 89.4 cm³/mol. The van der Waals surface area contributed by atoms with E-state index < -0.39 is 5.72 Å². The normalized spacial score (nSPS) is 20.0. The number of rotatable bonds is 4. The van der Waals surface area contributed by atoms with E-state index in [9.17, 15) is 9.90 Å². The smallest absolute Gasteiger partial charge is 0.250 e. The molecule has 6 nitrogen and oxygen atoms in total. The second-order valence-corrected chi connectivity index (χ2v) is 5.79. The Balaban J connectivity index is 1.83. The fraction of sp³-hybridized carbons (Fsp3) is 0.278. The van der Waals surface area contributed by atoms with Gasteiger partial charge in [-0.05, 0) is 36.8 Å². The zero-order chi connectivity index (χ0) is 17.2. The Morgan fingerprint density at radius 2 is 1.92 bits per heavy atom. The highest BCUT2D eigenvalue weighted by Crippen LogP contribution is 2.35. The lowest BCUT2D eigenvalue weighted by Gasteiger charge is -2.31. The molecule has 2 aromatic rings. The molecule has 1 atom stereocenters. The minimum Gasteiger partial charge on any atom is -0.497 e. The van der Waals surface area contributed by atoms with Crippen LogP contribution in [0, 0.1) is 0 Å². The molecule has 0 spiro atoms. The first-order valence-electron chi connectivity index (χ1n) is 7.66.